The van der Waals surface area contributed by atoms with Crippen LogP contribution in [-0.2, 0) is 10.2 Å². The molecule has 35 heavy (non-hydrogen) atoms. The molecule has 2 aliphatic rings. The lowest BCUT2D eigenvalue weighted by molar-refractivity contribution is -0.120. The van der Waals surface area contributed by atoms with Crippen molar-refractivity contribution in [3.05, 3.63) is 87.5 Å². The molecule has 0 radical (unpaired) electrons. The van der Waals surface area contributed by atoms with Crippen LogP contribution in [0.15, 0.2) is 48.5 Å². The van der Waals surface area contributed by atoms with E-state index in [9.17, 15) is 15.0 Å². The van der Waals surface area contributed by atoms with Gasteiger partial charge in [0.1, 0.15) is 16.9 Å². The molecule has 0 saturated heterocycles. The molecule has 182 valence electrons. The van der Waals surface area contributed by atoms with E-state index in [-0.39, 0.29) is 17.4 Å². The fraction of sp³-hybridized carbons (Fsp3) is 0.387. The van der Waals surface area contributed by atoms with Gasteiger partial charge in [0.2, 0.25) is 5.91 Å². The first kappa shape index (κ1) is 23.5. The van der Waals surface area contributed by atoms with Gasteiger partial charge in [-0.3, -0.25) is 4.79 Å². The number of carbonyl (C=O) groups is 1. The molecule has 4 heteroatoms. The molecule has 2 N–H and O–H groups in total. The van der Waals surface area contributed by atoms with E-state index < -0.39 is 5.41 Å². The van der Waals surface area contributed by atoms with Crippen LogP contribution >= 0.6 is 0 Å². The highest BCUT2D eigenvalue weighted by Crippen LogP contribution is 2.52. The predicted molar refractivity (Wildman–Crippen MR) is 140 cm³/mol. The van der Waals surface area contributed by atoms with Crippen LogP contribution in [0.5, 0.6) is 11.5 Å². The van der Waals surface area contributed by atoms with Crippen molar-refractivity contribution in [3.63, 3.8) is 0 Å². The lowest BCUT2D eigenvalue weighted by Gasteiger charge is -2.33. The second kappa shape index (κ2) is 8.75. The second-order valence-corrected chi connectivity index (χ2v) is 10.6. The number of aromatic hydroxyl groups is 2. The topological polar surface area (TPSA) is 60.8 Å². The fourth-order valence-corrected chi connectivity index (χ4v) is 6.33. The van der Waals surface area contributed by atoms with Gasteiger partial charge in [0.25, 0.3) is 0 Å². The van der Waals surface area contributed by atoms with E-state index in [0.29, 0.717) is 5.92 Å². The number of hydrogen-bond acceptors (Lipinski definition) is 3. The minimum absolute atomic E-state index is 0.0539. The highest BCUT2D eigenvalue weighted by molar-refractivity contribution is 6.13. The van der Waals surface area contributed by atoms with Crippen LogP contribution in [0.4, 0.5) is 5.69 Å². The van der Waals surface area contributed by atoms with Gasteiger partial charge in [-0.1, -0.05) is 61.7 Å². The normalized spacial score (nSPS) is 17.6. The van der Waals surface area contributed by atoms with E-state index in [2.05, 4.69) is 12.1 Å². The Hall–Kier alpha value is -3.27. The Morgan fingerprint density at radius 3 is 1.80 bits per heavy atom. The van der Waals surface area contributed by atoms with Crippen molar-refractivity contribution in [2.45, 2.75) is 65.2 Å². The first-order chi connectivity index (χ1) is 16.7. The van der Waals surface area contributed by atoms with Crippen LogP contribution in [0.2, 0.25) is 0 Å². The van der Waals surface area contributed by atoms with Crippen LogP contribution < -0.4 is 4.90 Å². The van der Waals surface area contributed by atoms with E-state index in [1.54, 1.807) is 0 Å². The van der Waals surface area contributed by atoms with Gasteiger partial charge < -0.3 is 15.1 Å². The number of nitrogens with zero attached hydrogens (tertiary/aromatic N) is 1. The first-order valence-corrected chi connectivity index (χ1v) is 12.8. The standard InChI is InChI=1S/C31H35NO3/c1-19-14-24(15-20(2)28(19)33)31(25-16-21(3)29(34)22(4)17-25)26-12-8-9-13-27(26)32(30(31)35)18-23-10-6-5-7-11-23/h8-9,12-17,23,33-34H,5-7,10-11,18H2,1-4H3. The third-order valence-electron chi connectivity index (χ3n) is 8.18. The molecule has 1 fully saturated rings. The molecule has 0 aromatic heterocycles. The Kier molecular flexibility index (Phi) is 5.86. The smallest absolute Gasteiger partial charge is 0.246 e. The summed E-state index contributed by atoms with van der Waals surface area (Å²) in [5, 5.41) is 21.1. The molecule has 4 nitrogen and oxygen atoms in total. The van der Waals surface area contributed by atoms with Gasteiger partial charge in [-0.15, -0.1) is 0 Å². The molecule has 1 amide bonds. The summed E-state index contributed by atoms with van der Waals surface area (Å²) in [6, 6.07) is 16.0. The van der Waals surface area contributed by atoms with Gasteiger partial charge >= 0.3 is 0 Å². The molecule has 1 aliphatic heterocycles. The van der Waals surface area contributed by atoms with E-state index in [1.165, 1.54) is 19.3 Å². The zero-order chi connectivity index (χ0) is 24.9. The van der Waals surface area contributed by atoms with Gasteiger partial charge in [0, 0.05) is 17.8 Å². The summed E-state index contributed by atoms with van der Waals surface area (Å²) in [5.74, 6) is 1.08. The zero-order valence-corrected chi connectivity index (χ0v) is 21.2. The number of anilines is 1. The Morgan fingerprint density at radius 1 is 0.800 bits per heavy atom. The second-order valence-electron chi connectivity index (χ2n) is 10.6. The lowest BCUT2D eigenvalue weighted by Crippen LogP contribution is -2.44. The van der Waals surface area contributed by atoms with E-state index >= 15 is 0 Å². The maximum Gasteiger partial charge on any atom is 0.246 e. The largest absolute Gasteiger partial charge is 0.507 e. The van der Waals surface area contributed by atoms with Crippen molar-refractivity contribution in [1.29, 1.82) is 0 Å². The molecule has 0 bridgehead atoms. The predicted octanol–water partition coefficient (Wildman–Crippen LogP) is 6.59. The van der Waals surface area contributed by atoms with Crippen LogP contribution in [0.25, 0.3) is 0 Å². The molecule has 1 aliphatic carbocycles. The minimum Gasteiger partial charge on any atom is -0.507 e. The number of fused-ring (bicyclic) bond motifs is 1. The molecule has 3 aromatic rings. The summed E-state index contributed by atoms with van der Waals surface area (Å²) >= 11 is 0. The number of aryl methyl sites for hydroxylation is 4. The molecular formula is C31H35NO3. The number of phenolic OH excluding ortho intramolecular Hbond substituents is 2. The monoisotopic (exact) mass is 469 g/mol. The maximum atomic E-state index is 14.8. The van der Waals surface area contributed by atoms with Gasteiger partial charge in [0.05, 0.1) is 0 Å². The molecule has 0 atom stereocenters. The molecule has 3 aromatic carbocycles. The molecular weight excluding hydrogens is 434 g/mol. The van der Waals surface area contributed by atoms with Gasteiger partial charge in [-0.25, -0.2) is 0 Å². The minimum atomic E-state index is -1.04. The van der Waals surface area contributed by atoms with Crippen molar-refractivity contribution in [2.75, 3.05) is 11.4 Å². The van der Waals surface area contributed by atoms with Crippen LogP contribution in [0.3, 0.4) is 0 Å². The third kappa shape index (κ3) is 3.62. The van der Waals surface area contributed by atoms with E-state index in [0.717, 1.165) is 64.0 Å². The SMILES string of the molecule is Cc1cc(C2(c3cc(C)c(O)c(C)c3)C(=O)N(CC3CCCCC3)c3ccccc32)cc(C)c1O. The van der Waals surface area contributed by atoms with Crippen molar-refractivity contribution in [3.8, 4) is 11.5 Å². The summed E-state index contributed by atoms with van der Waals surface area (Å²) < 4.78 is 0. The molecule has 5 rings (SSSR count). The molecule has 1 heterocycles. The lowest BCUT2D eigenvalue weighted by atomic mass is 9.69. The Balaban J connectivity index is 1.79. The quantitative estimate of drug-likeness (QED) is 0.453. The number of rotatable bonds is 4. The molecule has 1 saturated carbocycles. The van der Waals surface area contributed by atoms with Crippen LogP contribution in [-0.4, -0.2) is 22.7 Å². The number of carbonyl (C=O) groups excluding carboxylic acids is 1. The van der Waals surface area contributed by atoms with Crippen molar-refractivity contribution in [2.24, 2.45) is 5.92 Å². The zero-order valence-electron chi connectivity index (χ0n) is 21.2. The Bertz CT molecular complexity index is 1200. The third-order valence-corrected chi connectivity index (χ3v) is 8.18. The van der Waals surface area contributed by atoms with Gasteiger partial charge in [0.15, 0.2) is 0 Å². The van der Waals surface area contributed by atoms with Crippen molar-refractivity contribution >= 4 is 11.6 Å². The summed E-state index contributed by atoms with van der Waals surface area (Å²) in [6.45, 7) is 8.27. The van der Waals surface area contributed by atoms with Crippen molar-refractivity contribution in [1.82, 2.24) is 0 Å². The number of para-hydroxylation sites is 1. The average Bonchev–Trinajstić information content (AvgIpc) is 3.09. The van der Waals surface area contributed by atoms with Gasteiger partial charge in [-0.2, -0.15) is 0 Å². The number of benzene rings is 3. The van der Waals surface area contributed by atoms with Crippen LogP contribution in [0, 0.1) is 33.6 Å². The summed E-state index contributed by atoms with van der Waals surface area (Å²) in [4.78, 5) is 16.8. The van der Waals surface area contributed by atoms with Gasteiger partial charge in [-0.05, 0) is 85.9 Å². The van der Waals surface area contributed by atoms with Crippen LogP contribution in [0.1, 0.15) is 71.0 Å². The number of hydrogen-bond donors (Lipinski definition) is 2. The number of amides is 1. The Morgan fingerprint density at radius 2 is 1.29 bits per heavy atom. The Labute approximate surface area is 208 Å². The maximum absolute atomic E-state index is 14.8. The summed E-state index contributed by atoms with van der Waals surface area (Å²) in [6.07, 6.45) is 6.06. The number of phenols is 2. The van der Waals surface area contributed by atoms with Crippen molar-refractivity contribution < 1.29 is 15.0 Å². The highest BCUT2D eigenvalue weighted by atomic mass is 16.3. The molecule has 0 spiro atoms. The average molecular weight is 470 g/mol. The highest BCUT2D eigenvalue weighted by Gasteiger charge is 2.54. The fourth-order valence-electron chi connectivity index (χ4n) is 6.33. The van der Waals surface area contributed by atoms with E-state index in [1.807, 2.05) is 69.0 Å². The summed E-state index contributed by atoms with van der Waals surface area (Å²) in [7, 11) is 0. The molecule has 0 unspecified atom stereocenters. The first-order valence-electron chi connectivity index (χ1n) is 12.8. The summed E-state index contributed by atoms with van der Waals surface area (Å²) in [5.41, 5.74) is 5.62. The van der Waals surface area contributed by atoms with E-state index in [4.69, 9.17) is 0 Å².